The highest BCUT2D eigenvalue weighted by Gasteiger charge is 2.15. The van der Waals surface area contributed by atoms with Gasteiger partial charge in [0.1, 0.15) is 0 Å². The normalized spacial score (nSPS) is 15.4. The Hall–Kier alpha value is -1.64. The van der Waals surface area contributed by atoms with E-state index >= 15 is 0 Å². The Kier molecular flexibility index (Phi) is 3.34. The lowest BCUT2D eigenvalue weighted by molar-refractivity contribution is 0.0600. The summed E-state index contributed by atoms with van der Waals surface area (Å²) in [4.78, 5) is 15.7. The summed E-state index contributed by atoms with van der Waals surface area (Å²) in [6.45, 7) is 0. The molecule has 1 aliphatic carbocycles. The second-order valence-electron chi connectivity index (χ2n) is 3.89. The molecule has 16 heavy (non-hydrogen) atoms. The third kappa shape index (κ3) is 2.13. The zero-order chi connectivity index (χ0) is 11.4. The van der Waals surface area contributed by atoms with Crippen LogP contribution in [0, 0.1) is 0 Å². The molecule has 0 spiro atoms. The van der Waals surface area contributed by atoms with Crippen LogP contribution >= 0.6 is 0 Å². The van der Waals surface area contributed by atoms with Crippen LogP contribution in [0.1, 0.15) is 41.6 Å². The minimum atomic E-state index is -0.288. The molecule has 1 aromatic heterocycles. The Bertz CT molecular complexity index is 424. The van der Waals surface area contributed by atoms with Gasteiger partial charge in [0.25, 0.3) is 0 Å². The van der Waals surface area contributed by atoms with Crippen molar-refractivity contribution in [1.29, 1.82) is 0 Å². The Morgan fingerprint density at radius 1 is 1.44 bits per heavy atom. The van der Waals surface area contributed by atoms with Gasteiger partial charge in [-0.05, 0) is 37.3 Å². The molecule has 3 nitrogen and oxygen atoms in total. The first kappa shape index (κ1) is 10.9. The van der Waals surface area contributed by atoms with Crippen LogP contribution in [-0.2, 0) is 4.74 Å². The Balaban J connectivity index is 2.39. The van der Waals surface area contributed by atoms with E-state index in [0.29, 0.717) is 5.56 Å². The predicted molar refractivity (Wildman–Crippen MR) is 62.0 cm³/mol. The first-order valence-electron chi connectivity index (χ1n) is 5.54. The highest BCUT2D eigenvalue weighted by molar-refractivity contribution is 5.95. The molecular formula is C13H15NO2. The number of aromatic nitrogens is 1. The summed E-state index contributed by atoms with van der Waals surface area (Å²) in [6.07, 6.45) is 10.1. The average Bonchev–Trinajstić information content (AvgIpc) is 2.39. The fourth-order valence-corrected chi connectivity index (χ4v) is 2.02. The molecular weight excluding hydrogens is 202 g/mol. The van der Waals surface area contributed by atoms with Crippen molar-refractivity contribution in [1.82, 2.24) is 4.98 Å². The van der Waals surface area contributed by atoms with Crippen LogP contribution in [0.15, 0.2) is 24.5 Å². The third-order valence-electron chi connectivity index (χ3n) is 2.86. The largest absolute Gasteiger partial charge is 0.465 e. The van der Waals surface area contributed by atoms with E-state index in [4.69, 9.17) is 4.74 Å². The summed E-state index contributed by atoms with van der Waals surface area (Å²) in [5.74, 6) is -0.288. The average molecular weight is 217 g/mol. The zero-order valence-corrected chi connectivity index (χ0v) is 9.40. The molecule has 84 valence electrons. The lowest BCUT2D eigenvalue weighted by Crippen LogP contribution is -2.06. The van der Waals surface area contributed by atoms with Crippen molar-refractivity contribution in [3.63, 3.8) is 0 Å². The van der Waals surface area contributed by atoms with Crippen molar-refractivity contribution in [2.24, 2.45) is 0 Å². The third-order valence-corrected chi connectivity index (χ3v) is 2.86. The van der Waals surface area contributed by atoms with Gasteiger partial charge in [0.05, 0.1) is 12.7 Å². The molecule has 0 N–H and O–H groups in total. The SMILES string of the molecule is COC(=O)c1ccncc1C1=CCCCC1. The van der Waals surface area contributed by atoms with Gasteiger partial charge in [-0.3, -0.25) is 4.98 Å². The number of carbonyl (C=O) groups excluding carboxylic acids is 1. The van der Waals surface area contributed by atoms with Crippen LogP contribution < -0.4 is 0 Å². The van der Waals surface area contributed by atoms with Crippen LogP contribution in [0.25, 0.3) is 5.57 Å². The first-order valence-corrected chi connectivity index (χ1v) is 5.54. The second-order valence-corrected chi connectivity index (χ2v) is 3.89. The van der Waals surface area contributed by atoms with Gasteiger partial charge in [0, 0.05) is 18.0 Å². The van der Waals surface area contributed by atoms with Crippen LogP contribution in [0.4, 0.5) is 0 Å². The highest BCUT2D eigenvalue weighted by atomic mass is 16.5. The summed E-state index contributed by atoms with van der Waals surface area (Å²) < 4.78 is 4.77. The standard InChI is InChI=1S/C13H15NO2/c1-16-13(15)11-7-8-14-9-12(11)10-5-3-2-4-6-10/h5,7-9H,2-4,6H2,1H3. The van der Waals surface area contributed by atoms with Crippen molar-refractivity contribution in [3.8, 4) is 0 Å². The molecule has 0 bridgehead atoms. The van der Waals surface area contributed by atoms with E-state index in [0.717, 1.165) is 18.4 Å². The van der Waals surface area contributed by atoms with Gasteiger partial charge in [-0.15, -0.1) is 0 Å². The predicted octanol–water partition coefficient (Wildman–Crippen LogP) is 2.83. The number of pyridine rings is 1. The molecule has 0 aromatic carbocycles. The number of allylic oxidation sites excluding steroid dienone is 2. The van der Waals surface area contributed by atoms with E-state index in [2.05, 4.69) is 11.1 Å². The maximum atomic E-state index is 11.6. The maximum absolute atomic E-state index is 11.6. The summed E-state index contributed by atoms with van der Waals surface area (Å²) in [7, 11) is 1.40. The molecule has 0 saturated heterocycles. The molecule has 0 aliphatic heterocycles. The maximum Gasteiger partial charge on any atom is 0.338 e. The molecule has 0 saturated carbocycles. The lowest BCUT2D eigenvalue weighted by Gasteiger charge is -2.14. The highest BCUT2D eigenvalue weighted by Crippen LogP contribution is 2.28. The Morgan fingerprint density at radius 2 is 2.31 bits per heavy atom. The van der Waals surface area contributed by atoms with Gasteiger partial charge in [-0.25, -0.2) is 4.79 Å². The molecule has 3 heteroatoms. The van der Waals surface area contributed by atoms with Gasteiger partial charge < -0.3 is 4.74 Å². The molecule has 0 atom stereocenters. The second kappa shape index (κ2) is 4.92. The van der Waals surface area contributed by atoms with Gasteiger partial charge in [0.2, 0.25) is 0 Å². The number of methoxy groups -OCH3 is 1. The number of nitrogens with zero attached hydrogens (tertiary/aromatic N) is 1. The number of hydrogen-bond donors (Lipinski definition) is 0. The quantitative estimate of drug-likeness (QED) is 0.715. The van der Waals surface area contributed by atoms with Crippen molar-refractivity contribution in [3.05, 3.63) is 35.7 Å². The van der Waals surface area contributed by atoms with Crippen molar-refractivity contribution in [2.45, 2.75) is 25.7 Å². The topological polar surface area (TPSA) is 39.2 Å². The van der Waals surface area contributed by atoms with Crippen LogP contribution in [0.2, 0.25) is 0 Å². The van der Waals surface area contributed by atoms with E-state index < -0.39 is 0 Å². The molecule has 2 rings (SSSR count). The minimum absolute atomic E-state index is 0.288. The summed E-state index contributed by atoms with van der Waals surface area (Å²) >= 11 is 0. The van der Waals surface area contributed by atoms with Crippen molar-refractivity contribution >= 4 is 11.5 Å². The van der Waals surface area contributed by atoms with E-state index in [-0.39, 0.29) is 5.97 Å². The summed E-state index contributed by atoms with van der Waals surface area (Å²) in [6, 6.07) is 1.72. The monoisotopic (exact) mass is 217 g/mol. The van der Waals surface area contributed by atoms with Gasteiger partial charge in [0.15, 0.2) is 0 Å². The first-order chi connectivity index (χ1) is 7.83. The minimum Gasteiger partial charge on any atom is -0.465 e. The van der Waals surface area contributed by atoms with Crippen LogP contribution in [-0.4, -0.2) is 18.1 Å². The number of rotatable bonds is 2. The fraction of sp³-hybridized carbons (Fsp3) is 0.385. The van der Waals surface area contributed by atoms with E-state index in [9.17, 15) is 4.79 Å². The molecule has 1 aliphatic rings. The number of ether oxygens (including phenoxy) is 1. The van der Waals surface area contributed by atoms with Gasteiger partial charge in [-0.2, -0.15) is 0 Å². The number of carbonyl (C=O) groups is 1. The van der Waals surface area contributed by atoms with Crippen molar-refractivity contribution in [2.75, 3.05) is 7.11 Å². The smallest absolute Gasteiger partial charge is 0.338 e. The zero-order valence-electron chi connectivity index (χ0n) is 9.40. The number of hydrogen-bond acceptors (Lipinski definition) is 3. The molecule has 0 unspecified atom stereocenters. The Morgan fingerprint density at radius 3 is 3.00 bits per heavy atom. The lowest BCUT2D eigenvalue weighted by atomic mass is 9.92. The van der Waals surface area contributed by atoms with Gasteiger partial charge in [-0.1, -0.05) is 6.08 Å². The van der Waals surface area contributed by atoms with Crippen LogP contribution in [0.3, 0.4) is 0 Å². The molecule has 0 fully saturated rings. The Labute approximate surface area is 95.2 Å². The molecule has 1 heterocycles. The van der Waals surface area contributed by atoms with Crippen molar-refractivity contribution < 1.29 is 9.53 Å². The summed E-state index contributed by atoms with van der Waals surface area (Å²) in [5.41, 5.74) is 2.76. The fourth-order valence-electron chi connectivity index (χ4n) is 2.02. The van der Waals surface area contributed by atoms with E-state index in [1.54, 1.807) is 18.5 Å². The molecule has 1 aromatic rings. The van der Waals surface area contributed by atoms with Gasteiger partial charge >= 0.3 is 5.97 Å². The molecule has 0 radical (unpaired) electrons. The van der Waals surface area contributed by atoms with E-state index in [1.807, 2.05) is 0 Å². The number of esters is 1. The summed E-state index contributed by atoms with van der Waals surface area (Å²) in [5, 5.41) is 0. The molecule has 0 amide bonds. The van der Waals surface area contributed by atoms with Crippen LogP contribution in [0.5, 0.6) is 0 Å². The van der Waals surface area contributed by atoms with E-state index in [1.165, 1.54) is 25.5 Å².